The SMILES string of the molecule is CC(C)(C)CN1CCC(O[C@H]2C[C@H](NC(C)(C)CCC(C)(C)N[C@H]3C[C@H](Oc4cc(C(C)(C)C)ccn4)C3)C2)CC1. The molecule has 2 saturated carbocycles. The summed E-state index contributed by atoms with van der Waals surface area (Å²) in [4.78, 5) is 7.07. The van der Waals surface area contributed by atoms with E-state index in [0.717, 1.165) is 44.4 Å². The van der Waals surface area contributed by atoms with Crippen molar-refractivity contribution in [1.29, 1.82) is 0 Å². The highest BCUT2D eigenvalue weighted by Crippen LogP contribution is 2.33. The maximum absolute atomic E-state index is 6.50. The molecule has 6 nitrogen and oxygen atoms in total. The average molecular weight is 571 g/mol. The minimum Gasteiger partial charge on any atom is -0.474 e. The van der Waals surface area contributed by atoms with E-state index in [9.17, 15) is 0 Å². The van der Waals surface area contributed by atoms with Crippen LogP contribution in [0.25, 0.3) is 0 Å². The van der Waals surface area contributed by atoms with Crippen molar-refractivity contribution >= 4 is 0 Å². The molecule has 1 aromatic rings. The Hall–Kier alpha value is -1.21. The molecule has 2 aliphatic carbocycles. The first kappa shape index (κ1) is 32.7. The molecule has 234 valence electrons. The Bertz CT molecular complexity index is 959. The van der Waals surface area contributed by atoms with Gasteiger partial charge in [-0.25, -0.2) is 4.98 Å². The van der Waals surface area contributed by atoms with Crippen LogP contribution in [0.1, 0.15) is 126 Å². The Labute approximate surface area is 252 Å². The van der Waals surface area contributed by atoms with E-state index in [1.54, 1.807) is 0 Å². The van der Waals surface area contributed by atoms with Crippen molar-refractivity contribution in [3.8, 4) is 5.88 Å². The third-order valence-electron chi connectivity index (χ3n) is 9.26. The van der Waals surface area contributed by atoms with E-state index in [1.807, 2.05) is 6.20 Å². The molecule has 6 heteroatoms. The summed E-state index contributed by atoms with van der Waals surface area (Å²) < 4.78 is 12.7. The Morgan fingerprint density at radius 2 is 1.32 bits per heavy atom. The Morgan fingerprint density at radius 1 is 0.780 bits per heavy atom. The molecule has 1 aromatic heterocycles. The Morgan fingerprint density at radius 3 is 1.83 bits per heavy atom. The number of likely N-dealkylation sites (tertiary alicyclic amines) is 1. The van der Waals surface area contributed by atoms with Gasteiger partial charge in [0.25, 0.3) is 0 Å². The summed E-state index contributed by atoms with van der Waals surface area (Å²) in [6, 6.07) is 5.30. The van der Waals surface area contributed by atoms with Crippen LogP contribution in [-0.4, -0.2) is 71.0 Å². The standard InChI is InChI=1S/C35H62N4O2/c1-32(2,3)24-39-17-12-28(13-18-39)40-29-20-26(21-29)37-34(7,8)14-15-35(9,10)38-27-22-30(23-27)41-31-19-25(11-16-36-31)33(4,5)6/h11,16,19,26-30,37-38H,12-15,17-18,20-24H2,1-10H3/t26-,27-,29-,30-. The van der Waals surface area contributed by atoms with E-state index in [1.165, 1.54) is 38.0 Å². The van der Waals surface area contributed by atoms with Crippen molar-refractivity contribution in [2.24, 2.45) is 5.41 Å². The van der Waals surface area contributed by atoms with Crippen LogP contribution in [0.3, 0.4) is 0 Å². The van der Waals surface area contributed by atoms with E-state index < -0.39 is 0 Å². The van der Waals surface area contributed by atoms with Gasteiger partial charge in [0.05, 0.1) is 12.2 Å². The lowest BCUT2D eigenvalue weighted by Gasteiger charge is -2.45. The summed E-state index contributed by atoms with van der Waals surface area (Å²) in [6.07, 6.45) is 12.1. The summed E-state index contributed by atoms with van der Waals surface area (Å²) in [6.45, 7) is 26.7. The minimum absolute atomic E-state index is 0.103. The second-order valence-electron chi connectivity index (χ2n) is 17.1. The quantitative estimate of drug-likeness (QED) is 0.286. The number of piperidine rings is 1. The zero-order chi connectivity index (χ0) is 30.1. The average Bonchev–Trinajstić information content (AvgIpc) is 2.80. The Balaban J connectivity index is 1.09. The third kappa shape index (κ3) is 10.5. The van der Waals surface area contributed by atoms with E-state index in [2.05, 4.69) is 102 Å². The third-order valence-corrected chi connectivity index (χ3v) is 9.26. The summed E-state index contributed by atoms with van der Waals surface area (Å²) in [5.41, 5.74) is 1.99. The molecule has 0 amide bonds. The molecule has 0 atom stereocenters. The minimum atomic E-state index is 0.103. The lowest BCUT2D eigenvalue weighted by atomic mass is 9.82. The van der Waals surface area contributed by atoms with Crippen LogP contribution in [0.4, 0.5) is 0 Å². The van der Waals surface area contributed by atoms with Gasteiger partial charge in [-0.05, 0) is 102 Å². The van der Waals surface area contributed by atoms with Crippen LogP contribution >= 0.6 is 0 Å². The molecule has 0 radical (unpaired) electrons. The Kier molecular flexibility index (Phi) is 10.2. The summed E-state index contributed by atoms with van der Waals surface area (Å²) in [5, 5.41) is 7.87. The van der Waals surface area contributed by atoms with Gasteiger partial charge < -0.3 is 25.0 Å². The highest BCUT2D eigenvalue weighted by molar-refractivity contribution is 5.26. The predicted octanol–water partition coefficient (Wildman–Crippen LogP) is 6.86. The van der Waals surface area contributed by atoms with Crippen molar-refractivity contribution < 1.29 is 9.47 Å². The highest BCUT2D eigenvalue weighted by Gasteiger charge is 2.38. The highest BCUT2D eigenvalue weighted by atomic mass is 16.5. The van der Waals surface area contributed by atoms with Crippen LogP contribution in [-0.2, 0) is 10.2 Å². The number of aromatic nitrogens is 1. The number of ether oxygens (including phenoxy) is 2. The fourth-order valence-corrected chi connectivity index (χ4v) is 6.71. The lowest BCUT2D eigenvalue weighted by Crippen LogP contribution is -2.57. The van der Waals surface area contributed by atoms with Gasteiger partial charge >= 0.3 is 0 Å². The first-order valence-electron chi connectivity index (χ1n) is 16.5. The number of pyridine rings is 1. The molecule has 0 spiro atoms. The van der Waals surface area contributed by atoms with Crippen LogP contribution < -0.4 is 15.4 Å². The molecule has 0 aromatic carbocycles. The van der Waals surface area contributed by atoms with Gasteiger partial charge in [-0.2, -0.15) is 0 Å². The predicted molar refractivity (Wildman–Crippen MR) is 171 cm³/mol. The number of hydrogen-bond donors (Lipinski definition) is 2. The van der Waals surface area contributed by atoms with Crippen molar-refractivity contribution in [2.45, 2.75) is 167 Å². The molecule has 3 fully saturated rings. The van der Waals surface area contributed by atoms with Gasteiger partial charge in [0.15, 0.2) is 0 Å². The summed E-state index contributed by atoms with van der Waals surface area (Å²) >= 11 is 0. The zero-order valence-corrected chi connectivity index (χ0v) is 28.1. The van der Waals surface area contributed by atoms with Crippen LogP contribution in [0.15, 0.2) is 18.3 Å². The number of hydrogen-bond acceptors (Lipinski definition) is 6. The largest absolute Gasteiger partial charge is 0.474 e. The van der Waals surface area contributed by atoms with Crippen LogP contribution in [0.2, 0.25) is 0 Å². The molecule has 3 aliphatic rings. The first-order chi connectivity index (χ1) is 18.9. The van der Waals surface area contributed by atoms with E-state index in [-0.39, 0.29) is 22.6 Å². The van der Waals surface area contributed by atoms with Crippen molar-refractivity contribution in [3.63, 3.8) is 0 Å². The van der Waals surface area contributed by atoms with Gasteiger partial charge in [0, 0.05) is 55.1 Å². The zero-order valence-electron chi connectivity index (χ0n) is 28.1. The fourth-order valence-electron chi connectivity index (χ4n) is 6.71. The molecule has 2 N–H and O–H groups in total. The van der Waals surface area contributed by atoms with E-state index >= 15 is 0 Å². The molecule has 0 unspecified atom stereocenters. The number of rotatable bonds is 12. The molecule has 2 heterocycles. The van der Waals surface area contributed by atoms with E-state index in [4.69, 9.17) is 9.47 Å². The molecule has 1 aliphatic heterocycles. The molecule has 1 saturated heterocycles. The van der Waals surface area contributed by atoms with Crippen molar-refractivity contribution in [3.05, 3.63) is 23.9 Å². The van der Waals surface area contributed by atoms with Crippen molar-refractivity contribution in [1.82, 2.24) is 20.5 Å². The summed E-state index contributed by atoms with van der Waals surface area (Å²) in [5.74, 6) is 0.762. The van der Waals surface area contributed by atoms with E-state index in [0.29, 0.717) is 29.7 Å². The van der Waals surface area contributed by atoms with Gasteiger partial charge in [-0.1, -0.05) is 41.5 Å². The smallest absolute Gasteiger partial charge is 0.213 e. The maximum Gasteiger partial charge on any atom is 0.213 e. The van der Waals surface area contributed by atoms with Gasteiger partial charge in [0.2, 0.25) is 5.88 Å². The van der Waals surface area contributed by atoms with Crippen molar-refractivity contribution in [2.75, 3.05) is 19.6 Å². The molecular weight excluding hydrogens is 508 g/mol. The topological polar surface area (TPSA) is 58.7 Å². The second-order valence-corrected chi connectivity index (χ2v) is 17.1. The molecular formula is C35H62N4O2. The van der Waals surface area contributed by atoms with Gasteiger partial charge in [0.1, 0.15) is 6.10 Å². The maximum atomic E-state index is 6.50. The monoisotopic (exact) mass is 570 g/mol. The molecule has 4 rings (SSSR count). The number of nitrogens with one attached hydrogen (secondary N) is 2. The van der Waals surface area contributed by atoms with Gasteiger partial charge in [-0.3, -0.25) is 0 Å². The van der Waals surface area contributed by atoms with Crippen LogP contribution in [0.5, 0.6) is 5.88 Å². The first-order valence-corrected chi connectivity index (χ1v) is 16.5. The number of nitrogens with zero attached hydrogens (tertiary/aromatic N) is 2. The van der Waals surface area contributed by atoms with Gasteiger partial charge in [-0.15, -0.1) is 0 Å². The molecule has 41 heavy (non-hydrogen) atoms. The second kappa shape index (κ2) is 12.8. The normalized spacial score (nSPS) is 26.9. The van der Waals surface area contributed by atoms with Crippen LogP contribution in [0, 0.1) is 5.41 Å². The fraction of sp³-hybridized carbons (Fsp3) is 0.857. The summed E-state index contributed by atoms with van der Waals surface area (Å²) in [7, 11) is 0. The molecule has 0 bridgehead atoms. The lowest BCUT2D eigenvalue weighted by molar-refractivity contribution is -0.0887.